The molecule has 0 fully saturated rings. The van der Waals surface area contributed by atoms with Gasteiger partial charge in [0.05, 0.1) is 49.2 Å². The van der Waals surface area contributed by atoms with E-state index in [1.807, 2.05) is 121 Å². The van der Waals surface area contributed by atoms with E-state index in [0.29, 0.717) is 74.5 Å². The van der Waals surface area contributed by atoms with Crippen LogP contribution in [-0.4, -0.2) is 69.9 Å². The van der Waals surface area contributed by atoms with E-state index in [4.69, 9.17) is 41.4 Å². The number of nitrogens with one attached hydrogen (secondary N) is 2. The Hall–Kier alpha value is -8.60. The Balaban J connectivity index is 0.000000203. The number of benzene rings is 12. The van der Waals surface area contributed by atoms with E-state index < -0.39 is 111 Å². The molecule has 0 bridgehead atoms. The number of fused-ring (bicyclic) bond motifs is 2. The van der Waals surface area contributed by atoms with E-state index in [2.05, 4.69) is 143 Å². The number of nitrogens with two attached hydrogens (primary N) is 1. The number of hydrogen-bond donors (Lipinski definition) is 4. The van der Waals surface area contributed by atoms with Gasteiger partial charge in [-0.25, -0.2) is 71.9 Å². The fourth-order valence-electron chi connectivity index (χ4n) is 12.1. The summed E-state index contributed by atoms with van der Waals surface area (Å²) in [6.07, 6.45) is 2.57. The molecule has 2 aliphatic rings. The summed E-state index contributed by atoms with van der Waals surface area (Å²) in [6, 6.07) is 59.2. The first kappa shape index (κ1) is 105. The fraction of sp³-hybridized carbons (Fsp3) is 0.143. The molecular formula is C91H68Br8ClF12IN4O10. The molecular weight excluding hydrogens is 2340 g/mol. The van der Waals surface area contributed by atoms with Crippen LogP contribution in [0.1, 0.15) is 72.0 Å². The Morgan fingerprint density at radius 1 is 0.488 bits per heavy atom. The Morgan fingerprint density at radius 3 is 1.31 bits per heavy atom. The lowest BCUT2D eigenvalue weighted by atomic mass is 9.84. The summed E-state index contributed by atoms with van der Waals surface area (Å²) in [5.41, 5.74) is 9.56. The maximum Gasteiger partial charge on any atom is 0.336 e. The zero-order chi connectivity index (χ0) is 93.8. The number of hydrogen-bond acceptors (Lipinski definition) is 14. The number of methoxy groups -OCH3 is 4. The highest BCUT2D eigenvalue weighted by atomic mass is 127. The van der Waals surface area contributed by atoms with Crippen LogP contribution >= 0.6 is 162 Å². The van der Waals surface area contributed by atoms with Gasteiger partial charge in [-0.2, -0.15) is 0 Å². The molecule has 0 aromatic heterocycles. The van der Waals surface area contributed by atoms with Crippen LogP contribution in [0.5, 0.6) is 0 Å². The minimum atomic E-state index is -1.57. The monoisotopic (exact) mass is 2400 g/mol. The van der Waals surface area contributed by atoms with E-state index in [9.17, 15) is 76.7 Å². The Kier molecular flexibility index (Phi) is 41.5. The lowest BCUT2D eigenvalue weighted by Gasteiger charge is -2.27. The largest absolute Gasteiger partial charge is 0.467 e. The highest BCUT2D eigenvalue weighted by Gasteiger charge is 2.49. The molecule has 2 heterocycles. The third-order valence-corrected chi connectivity index (χ3v) is 26.3. The van der Waals surface area contributed by atoms with Gasteiger partial charge in [0, 0.05) is 121 Å². The van der Waals surface area contributed by atoms with Crippen LogP contribution in [0.15, 0.2) is 267 Å². The summed E-state index contributed by atoms with van der Waals surface area (Å²) in [5.74, 6) is -9.45. The number of aldehydes is 1. The van der Waals surface area contributed by atoms with Gasteiger partial charge in [0.2, 0.25) is 0 Å². The standard InChI is InChI=1S/C16H12BrClFNO2.C16H14BrF2NO2.C16H13BrFNO2.C16H15NO2.C7H4Br2F2.C7H5BrF2O.C7H3BrF2O.C6H2BrF2I/c1-22-15(21)16(9-5-3-2-4-6-9)8-10-12(20-16)7-11(19)14(18)13(10)17;1-22-15(21)16(20,10-5-3-2-4-6-10)9-12-13(17)7-11(18)8-14(12)19;1-21-15(20)16(10-5-3-2-4-6-10)9-12-13(17)7-11(18)8-14(12)19-16;1-19-16(18)15(14-10-6-3-7-11-14)17-12-13-8-4-2-5-9-13;8-3-5-6(9)1-4(10)2-7(5)11;2*8-6-1-4(9)2-7(10)5(6)3-11;7-4-1-3(8)2-5(9)6(4)10/h2-7,20H,8H2,1H3;2-8H,9,20H2,1H3;2-8,19H,9H2,1H3;2-12,15H,1H3;1-2H,3H2;1-2,11H,3H2;1-3H;1-2H. The predicted octanol–water partition coefficient (Wildman–Crippen LogP) is 25.9. The number of aliphatic imine (C=N–C) groups is 1. The second kappa shape index (κ2) is 50.0. The number of carbonyl (C=O) groups is 5. The third-order valence-electron chi connectivity index (χ3n) is 18.3. The van der Waals surface area contributed by atoms with Crippen molar-refractivity contribution in [2.24, 2.45) is 10.7 Å². The molecule has 127 heavy (non-hydrogen) atoms. The second-order valence-electron chi connectivity index (χ2n) is 26.5. The maximum atomic E-state index is 14.0. The maximum absolute atomic E-state index is 14.0. The van der Waals surface area contributed by atoms with Crippen LogP contribution in [0.3, 0.4) is 0 Å². The van der Waals surface area contributed by atoms with Gasteiger partial charge in [-0.05, 0) is 158 Å². The van der Waals surface area contributed by atoms with Crippen molar-refractivity contribution in [1.82, 2.24) is 0 Å². The SMILES string of the molecule is COC(=O)C(N)(Cc1c(F)cc(F)cc1Br)c1ccccc1.COC(=O)C(N=Cc1ccccc1)c1ccccc1.COC(=O)C1(c2ccccc2)Cc2c(Br)cc(F)cc2N1.COC(=O)C1(c2ccccc2)Cc2c(cc(F)c(Cl)c2Br)N1.Fc1cc(F)c(CBr)c(Br)c1.Fc1cc(F)c(I)c(Br)c1.O=Cc1c(F)cc(F)cc1Br.OCc1c(F)cc(F)cc1Br. The summed E-state index contributed by atoms with van der Waals surface area (Å²) < 4.78 is 177. The average Bonchev–Trinajstić information content (AvgIpc) is 1.60. The molecule has 36 heteroatoms. The van der Waals surface area contributed by atoms with E-state index in [-0.39, 0.29) is 53.3 Å². The highest BCUT2D eigenvalue weighted by molar-refractivity contribution is 14.1. The molecule has 0 radical (unpaired) electrons. The number of anilines is 2. The van der Waals surface area contributed by atoms with E-state index in [0.717, 1.165) is 75.8 Å². The molecule has 14 nitrogen and oxygen atoms in total. The van der Waals surface area contributed by atoms with Gasteiger partial charge in [-0.1, -0.05) is 243 Å². The summed E-state index contributed by atoms with van der Waals surface area (Å²) in [6.45, 7) is -0.438. The molecule has 0 aliphatic carbocycles. The van der Waals surface area contributed by atoms with E-state index >= 15 is 0 Å². The number of alkyl halides is 1. The first-order valence-electron chi connectivity index (χ1n) is 36.4. The van der Waals surface area contributed by atoms with Crippen molar-refractivity contribution in [2.45, 2.75) is 53.9 Å². The van der Waals surface area contributed by atoms with Crippen LogP contribution in [0.25, 0.3) is 0 Å². The predicted molar refractivity (Wildman–Crippen MR) is 498 cm³/mol. The summed E-state index contributed by atoms with van der Waals surface area (Å²) in [4.78, 5) is 63.3. The van der Waals surface area contributed by atoms with E-state index in [1.54, 1.807) is 59.1 Å². The topological polar surface area (TPSA) is 205 Å². The average molecular weight is 2410 g/mol. The zero-order valence-corrected chi connectivity index (χ0v) is 81.8. The van der Waals surface area contributed by atoms with Gasteiger partial charge < -0.3 is 40.4 Å². The van der Waals surface area contributed by atoms with Crippen molar-refractivity contribution in [3.8, 4) is 0 Å². The van der Waals surface area contributed by atoms with Gasteiger partial charge in [-0.3, -0.25) is 9.79 Å². The first-order valence-corrected chi connectivity index (χ1v) is 44.5. The van der Waals surface area contributed by atoms with Crippen LogP contribution in [0.2, 0.25) is 5.02 Å². The molecule has 0 spiro atoms. The summed E-state index contributed by atoms with van der Waals surface area (Å²) >= 11 is 32.4. The normalized spacial score (nSPS) is 14.2. The lowest BCUT2D eigenvalue weighted by molar-refractivity contribution is -0.148. The van der Waals surface area contributed by atoms with Crippen LogP contribution in [0, 0.1) is 73.4 Å². The molecule has 0 saturated heterocycles. The van der Waals surface area contributed by atoms with Gasteiger partial charge in [0.25, 0.3) is 0 Å². The lowest BCUT2D eigenvalue weighted by Crippen LogP contribution is -2.48. The minimum absolute atomic E-state index is 0.00859. The zero-order valence-electron chi connectivity index (χ0n) is 66.2. The van der Waals surface area contributed by atoms with Crippen molar-refractivity contribution in [1.29, 1.82) is 0 Å². The van der Waals surface area contributed by atoms with Crippen molar-refractivity contribution in [3.05, 3.63) is 401 Å². The molecule has 12 aromatic rings. The second-order valence-corrected chi connectivity index (χ2v) is 34.4. The molecule has 0 amide bonds. The van der Waals surface area contributed by atoms with Crippen molar-refractivity contribution in [2.75, 3.05) is 39.1 Å². The Morgan fingerprint density at radius 2 is 0.882 bits per heavy atom. The number of rotatable bonds is 15. The van der Waals surface area contributed by atoms with Crippen LogP contribution in [-0.2, 0) is 85.9 Å². The van der Waals surface area contributed by atoms with Gasteiger partial charge in [0.15, 0.2) is 23.4 Å². The number of esters is 4. The van der Waals surface area contributed by atoms with Crippen LogP contribution in [0.4, 0.5) is 64.1 Å². The molecule has 4 atom stereocenters. The number of carbonyl (C=O) groups excluding carboxylic acids is 5. The van der Waals surface area contributed by atoms with Gasteiger partial charge in [-0.15, -0.1) is 0 Å². The van der Waals surface area contributed by atoms with Crippen molar-refractivity contribution >= 4 is 209 Å². The minimum Gasteiger partial charge on any atom is -0.467 e. The Bertz CT molecular complexity index is 5720. The molecule has 14 rings (SSSR count). The Labute approximate surface area is 807 Å². The molecule has 0 saturated carbocycles. The first-order chi connectivity index (χ1) is 60.3. The van der Waals surface area contributed by atoms with Crippen molar-refractivity contribution in [3.63, 3.8) is 0 Å². The highest BCUT2D eigenvalue weighted by Crippen LogP contribution is 2.48. The quantitative estimate of drug-likeness (QED) is 0.00869. The van der Waals surface area contributed by atoms with Crippen LogP contribution < -0.4 is 16.4 Å². The number of nitrogens with zero attached hydrogens (tertiary/aromatic N) is 1. The fourth-order valence-corrected chi connectivity index (χ4v) is 17.2. The van der Waals surface area contributed by atoms with E-state index in [1.165, 1.54) is 58.8 Å². The molecule has 666 valence electrons. The van der Waals surface area contributed by atoms with Crippen molar-refractivity contribution < 1.29 is 101 Å². The summed E-state index contributed by atoms with van der Waals surface area (Å²) in [5, 5.41) is 15.3. The molecule has 4 unspecified atom stereocenters. The van der Waals surface area contributed by atoms with Gasteiger partial charge >= 0.3 is 23.9 Å². The number of halogens is 22. The molecule has 12 aromatic carbocycles. The summed E-state index contributed by atoms with van der Waals surface area (Å²) in [7, 11) is 5.27. The third kappa shape index (κ3) is 28.2. The number of ether oxygens (including phenoxy) is 4. The smallest absolute Gasteiger partial charge is 0.336 e. The number of aliphatic hydroxyl groups is 1. The van der Waals surface area contributed by atoms with Gasteiger partial charge in [0.1, 0.15) is 75.3 Å². The number of aliphatic hydroxyl groups excluding tert-OH is 1. The molecule has 5 N–H and O–H groups in total. The molecule has 2 aliphatic heterocycles.